The van der Waals surface area contributed by atoms with Gasteiger partial charge in [-0.15, -0.1) is 0 Å². The van der Waals surface area contributed by atoms with Crippen LogP contribution in [0.4, 0.5) is 5.69 Å². The molecule has 1 heterocycles. The van der Waals surface area contributed by atoms with E-state index in [0.717, 1.165) is 18.5 Å². The number of hydrogen-bond acceptors (Lipinski definition) is 4. The summed E-state index contributed by atoms with van der Waals surface area (Å²) in [6, 6.07) is 7.58. The van der Waals surface area contributed by atoms with Gasteiger partial charge in [0.15, 0.2) is 0 Å². The van der Waals surface area contributed by atoms with Crippen LogP contribution in [-0.2, 0) is 9.53 Å². The van der Waals surface area contributed by atoms with Gasteiger partial charge in [0.1, 0.15) is 0 Å². The van der Waals surface area contributed by atoms with Gasteiger partial charge < -0.3 is 19.9 Å². The summed E-state index contributed by atoms with van der Waals surface area (Å²) >= 11 is 0. The molecule has 0 aromatic heterocycles. The maximum Gasteiger partial charge on any atom is 0.253 e. The third kappa shape index (κ3) is 4.72. The fraction of sp³-hybridized carbons (Fsp3) is 0.579. The van der Waals surface area contributed by atoms with E-state index in [1.807, 2.05) is 50.2 Å². The Hall–Kier alpha value is -2.08. The first-order valence-corrected chi connectivity index (χ1v) is 8.71. The number of benzene rings is 1. The molecular formula is C19H29N3O3. The van der Waals surface area contributed by atoms with Gasteiger partial charge in [0.25, 0.3) is 5.91 Å². The highest BCUT2D eigenvalue weighted by Crippen LogP contribution is 2.30. The fourth-order valence-corrected chi connectivity index (χ4v) is 3.16. The number of amides is 2. The first-order valence-electron chi connectivity index (χ1n) is 8.71. The van der Waals surface area contributed by atoms with E-state index in [2.05, 4.69) is 5.32 Å². The van der Waals surface area contributed by atoms with Crippen LogP contribution in [0.2, 0.25) is 0 Å². The van der Waals surface area contributed by atoms with Gasteiger partial charge in [-0.05, 0) is 44.0 Å². The van der Waals surface area contributed by atoms with Crippen molar-refractivity contribution >= 4 is 17.5 Å². The molecule has 1 N–H and O–H groups in total. The predicted octanol–water partition coefficient (Wildman–Crippen LogP) is 1.76. The zero-order valence-corrected chi connectivity index (χ0v) is 15.7. The number of rotatable bonds is 6. The van der Waals surface area contributed by atoms with Crippen LogP contribution in [0.25, 0.3) is 0 Å². The monoisotopic (exact) mass is 347 g/mol. The topological polar surface area (TPSA) is 61.9 Å². The van der Waals surface area contributed by atoms with Crippen molar-refractivity contribution in [1.29, 1.82) is 0 Å². The van der Waals surface area contributed by atoms with Crippen LogP contribution >= 0.6 is 0 Å². The van der Waals surface area contributed by atoms with E-state index in [0.29, 0.717) is 31.8 Å². The minimum absolute atomic E-state index is 0.00925. The summed E-state index contributed by atoms with van der Waals surface area (Å²) in [6.07, 6.45) is 1.62. The number of carbonyl (C=O) groups excluding carboxylic acids is 2. The molecule has 138 valence electrons. The van der Waals surface area contributed by atoms with Gasteiger partial charge in [0, 0.05) is 52.1 Å². The molecule has 1 saturated heterocycles. The average Bonchev–Trinajstić information content (AvgIpc) is 2.61. The molecule has 1 aliphatic rings. The molecule has 1 aromatic carbocycles. The molecule has 0 saturated carbocycles. The Kier molecular flexibility index (Phi) is 6.42. The lowest BCUT2D eigenvalue weighted by Gasteiger charge is -2.39. The number of piperidine rings is 1. The van der Waals surface area contributed by atoms with Gasteiger partial charge in [-0.3, -0.25) is 9.59 Å². The fourth-order valence-electron chi connectivity index (χ4n) is 3.16. The first kappa shape index (κ1) is 19.2. The third-order valence-electron chi connectivity index (χ3n) is 4.75. The van der Waals surface area contributed by atoms with Crippen molar-refractivity contribution in [2.24, 2.45) is 5.41 Å². The summed E-state index contributed by atoms with van der Waals surface area (Å²) in [7, 11) is 5.54. The van der Waals surface area contributed by atoms with Crippen LogP contribution in [0.15, 0.2) is 24.3 Å². The molecular weight excluding hydrogens is 318 g/mol. The molecule has 0 radical (unpaired) electrons. The molecule has 0 aliphatic carbocycles. The highest BCUT2D eigenvalue weighted by Gasteiger charge is 2.39. The standard InChI is InChI=1S/C19H29N3O3/c1-19(18(24)20-11-13-25-4)10-5-12-22(14-19)17(23)15-6-8-16(9-7-15)21(2)3/h6-9H,5,10-14H2,1-4H3,(H,20,24). The summed E-state index contributed by atoms with van der Waals surface area (Å²) in [5.41, 5.74) is 1.16. The second-order valence-corrected chi connectivity index (χ2v) is 7.08. The third-order valence-corrected chi connectivity index (χ3v) is 4.75. The quantitative estimate of drug-likeness (QED) is 0.797. The Bertz CT molecular complexity index is 600. The van der Waals surface area contributed by atoms with E-state index in [9.17, 15) is 9.59 Å². The highest BCUT2D eigenvalue weighted by molar-refractivity contribution is 5.95. The van der Waals surface area contributed by atoms with Crippen LogP contribution in [0.3, 0.4) is 0 Å². The maximum absolute atomic E-state index is 12.8. The molecule has 6 nitrogen and oxygen atoms in total. The van der Waals surface area contributed by atoms with E-state index >= 15 is 0 Å². The van der Waals surface area contributed by atoms with E-state index < -0.39 is 5.41 Å². The van der Waals surface area contributed by atoms with Crippen molar-refractivity contribution in [2.45, 2.75) is 19.8 Å². The number of hydrogen-bond donors (Lipinski definition) is 1. The molecule has 0 bridgehead atoms. The lowest BCUT2D eigenvalue weighted by atomic mass is 9.80. The number of anilines is 1. The van der Waals surface area contributed by atoms with Crippen molar-refractivity contribution < 1.29 is 14.3 Å². The van der Waals surface area contributed by atoms with Gasteiger partial charge in [-0.2, -0.15) is 0 Å². The number of ether oxygens (including phenoxy) is 1. The van der Waals surface area contributed by atoms with Gasteiger partial charge in [-0.25, -0.2) is 0 Å². The molecule has 1 unspecified atom stereocenters. The normalized spacial score (nSPS) is 20.2. The Labute approximate surface area is 150 Å². The Morgan fingerprint density at radius 3 is 2.56 bits per heavy atom. The number of carbonyl (C=O) groups is 2. The van der Waals surface area contributed by atoms with E-state index in [4.69, 9.17) is 4.74 Å². The number of likely N-dealkylation sites (tertiary alicyclic amines) is 1. The number of nitrogens with one attached hydrogen (secondary N) is 1. The first-order chi connectivity index (χ1) is 11.9. The van der Waals surface area contributed by atoms with Gasteiger partial charge in [-0.1, -0.05) is 0 Å². The summed E-state index contributed by atoms with van der Waals surface area (Å²) in [5, 5.41) is 2.91. The van der Waals surface area contributed by atoms with E-state index in [-0.39, 0.29) is 11.8 Å². The van der Waals surface area contributed by atoms with Crippen LogP contribution in [0, 0.1) is 5.41 Å². The predicted molar refractivity (Wildman–Crippen MR) is 98.9 cm³/mol. The summed E-state index contributed by atoms with van der Waals surface area (Å²) < 4.78 is 4.97. The van der Waals surface area contributed by atoms with E-state index in [1.165, 1.54) is 0 Å². The van der Waals surface area contributed by atoms with Crippen molar-refractivity contribution in [3.63, 3.8) is 0 Å². The summed E-state index contributed by atoms with van der Waals surface area (Å²) in [6.45, 7) is 4.05. The van der Waals surface area contributed by atoms with Gasteiger partial charge in [0.05, 0.1) is 12.0 Å². The molecule has 1 fully saturated rings. The zero-order valence-electron chi connectivity index (χ0n) is 15.7. The smallest absolute Gasteiger partial charge is 0.253 e. The second-order valence-electron chi connectivity index (χ2n) is 7.08. The molecule has 1 atom stereocenters. The summed E-state index contributed by atoms with van der Waals surface area (Å²) in [4.78, 5) is 29.1. The Balaban J connectivity index is 2.04. The number of methoxy groups -OCH3 is 1. The van der Waals surface area contributed by atoms with Crippen LogP contribution in [0.1, 0.15) is 30.1 Å². The van der Waals surface area contributed by atoms with Crippen molar-refractivity contribution in [3.05, 3.63) is 29.8 Å². The van der Waals surface area contributed by atoms with E-state index in [1.54, 1.807) is 12.0 Å². The Morgan fingerprint density at radius 1 is 1.28 bits per heavy atom. The maximum atomic E-state index is 12.8. The molecule has 1 aromatic rings. The highest BCUT2D eigenvalue weighted by atomic mass is 16.5. The summed E-state index contributed by atoms with van der Waals surface area (Å²) in [5.74, 6) is -0.0223. The number of nitrogens with zero attached hydrogens (tertiary/aromatic N) is 2. The zero-order chi connectivity index (χ0) is 18.4. The second kappa shape index (κ2) is 8.34. The van der Waals surface area contributed by atoms with Crippen molar-refractivity contribution in [1.82, 2.24) is 10.2 Å². The Morgan fingerprint density at radius 2 is 1.96 bits per heavy atom. The molecule has 1 aliphatic heterocycles. The van der Waals surface area contributed by atoms with Crippen LogP contribution in [0.5, 0.6) is 0 Å². The lowest BCUT2D eigenvalue weighted by Crippen LogP contribution is -2.52. The van der Waals surface area contributed by atoms with Crippen LogP contribution < -0.4 is 10.2 Å². The SMILES string of the molecule is COCCNC(=O)C1(C)CCCN(C(=O)c2ccc(N(C)C)cc2)C1. The lowest BCUT2D eigenvalue weighted by molar-refractivity contribution is -0.132. The van der Waals surface area contributed by atoms with Crippen molar-refractivity contribution in [2.75, 3.05) is 52.3 Å². The molecule has 25 heavy (non-hydrogen) atoms. The molecule has 2 amide bonds. The minimum atomic E-state index is -0.550. The van der Waals surface area contributed by atoms with Gasteiger partial charge >= 0.3 is 0 Å². The van der Waals surface area contributed by atoms with Crippen LogP contribution in [-0.4, -0.2) is 64.2 Å². The minimum Gasteiger partial charge on any atom is -0.383 e. The molecule has 0 spiro atoms. The average molecular weight is 347 g/mol. The molecule has 6 heteroatoms. The van der Waals surface area contributed by atoms with Gasteiger partial charge in [0.2, 0.25) is 5.91 Å². The van der Waals surface area contributed by atoms with Crippen molar-refractivity contribution in [3.8, 4) is 0 Å². The molecule has 2 rings (SSSR count). The largest absolute Gasteiger partial charge is 0.383 e.